The van der Waals surface area contributed by atoms with Gasteiger partial charge in [-0.2, -0.15) is 0 Å². The van der Waals surface area contributed by atoms with Gasteiger partial charge in [-0.15, -0.1) is 0 Å². The van der Waals surface area contributed by atoms with E-state index in [1.165, 1.54) is 0 Å². The molecule has 0 amide bonds. The number of nitrogens with zero attached hydrogens (tertiary/aromatic N) is 2. The molecular formula is C11H21N5OS. The van der Waals surface area contributed by atoms with Crippen LogP contribution in [0.5, 0.6) is 0 Å². The molecule has 6 nitrogen and oxygen atoms in total. The number of nitrogen functional groups attached to an aromatic ring is 1. The molecule has 7 heteroatoms. The van der Waals surface area contributed by atoms with Crippen LogP contribution in [-0.4, -0.2) is 32.2 Å². The number of hydrogen-bond acceptors (Lipinski definition) is 6. The fourth-order valence-corrected chi connectivity index (χ4v) is 2.08. The quantitative estimate of drug-likeness (QED) is 0.502. The number of nitrogens with one attached hydrogen (secondary N) is 2. The minimum absolute atomic E-state index is 0.618. The van der Waals surface area contributed by atoms with Crippen LogP contribution in [0, 0.1) is 6.92 Å². The number of nitrogens with two attached hydrogens (primary N) is 1. The minimum atomic E-state index is -0.768. The number of hydrazine groups is 1. The van der Waals surface area contributed by atoms with Crippen LogP contribution in [0.2, 0.25) is 0 Å². The van der Waals surface area contributed by atoms with Crippen LogP contribution in [0.15, 0.2) is 0 Å². The molecule has 1 atom stereocenters. The Bertz CT molecular complexity index is 424. The van der Waals surface area contributed by atoms with E-state index in [0.717, 1.165) is 23.6 Å². The second-order valence-corrected chi connectivity index (χ2v) is 5.68. The summed E-state index contributed by atoms with van der Waals surface area (Å²) < 4.78 is 11.3. The zero-order chi connectivity index (χ0) is 13.5. The van der Waals surface area contributed by atoms with Crippen molar-refractivity contribution in [2.24, 2.45) is 5.84 Å². The lowest BCUT2D eigenvalue weighted by Gasteiger charge is -2.12. The van der Waals surface area contributed by atoms with Gasteiger partial charge in [-0.1, -0.05) is 13.8 Å². The van der Waals surface area contributed by atoms with Crippen molar-refractivity contribution in [2.75, 3.05) is 28.8 Å². The third-order valence-corrected chi connectivity index (χ3v) is 3.89. The average molecular weight is 271 g/mol. The maximum absolute atomic E-state index is 11.3. The summed E-state index contributed by atoms with van der Waals surface area (Å²) in [7, 11) is -0.768. The van der Waals surface area contributed by atoms with Crippen molar-refractivity contribution in [1.29, 1.82) is 0 Å². The molecule has 18 heavy (non-hydrogen) atoms. The van der Waals surface area contributed by atoms with Crippen molar-refractivity contribution in [3.05, 3.63) is 11.4 Å². The van der Waals surface area contributed by atoms with E-state index in [-0.39, 0.29) is 0 Å². The standard InChI is InChI=1S/C11H21N5OS/c1-4-9-14-10(8(3)11(15-9)16-12)13-6-7-18(17)5-2/h4-7,12H2,1-3H3,(H2,13,14,15,16). The topological polar surface area (TPSA) is 92.9 Å². The smallest absolute Gasteiger partial charge is 0.148 e. The highest BCUT2D eigenvalue weighted by Crippen LogP contribution is 2.19. The Morgan fingerprint density at radius 2 is 1.94 bits per heavy atom. The lowest BCUT2D eigenvalue weighted by molar-refractivity contribution is 0.684. The van der Waals surface area contributed by atoms with Crippen molar-refractivity contribution in [3.8, 4) is 0 Å². The predicted octanol–water partition coefficient (Wildman–Crippen LogP) is 0.814. The molecule has 0 saturated heterocycles. The monoisotopic (exact) mass is 271 g/mol. The number of rotatable bonds is 7. The molecule has 1 unspecified atom stereocenters. The van der Waals surface area contributed by atoms with Crippen molar-refractivity contribution in [2.45, 2.75) is 27.2 Å². The van der Waals surface area contributed by atoms with Crippen LogP contribution < -0.4 is 16.6 Å². The maximum Gasteiger partial charge on any atom is 0.148 e. The van der Waals surface area contributed by atoms with E-state index >= 15 is 0 Å². The van der Waals surface area contributed by atoms with Crippen LogP contribution >= 0.6 is 0 Å². The lowest BCUT2D eigenvalue weighted by Crippen LogP contribution is -2.17. The lowest BCUT2D eigenvalue weighted by atomic mass is 10.3. The summed E-state index contributed by atoms with van der Waals surface area (Å²) in [6, 6.07) is 0. The highest BCUT2D eigenvalue weighted by Gasteiger charge is 2.09. The second-order valence-electron chi connectivity index (χ2n) is 3.82. The zero-order valence-corrected chi connectivity index (χ0v) is 11.9. The summed E-state index contributed by atoms with van der Waals surface area (Å²) in [5.74, 6) is 8.83. The first-order chi connectivity index (χ1) is 8.62. The molecule has 1 aromatic heterocycles. The Morgan fingerprint density at radius 3 is 2.50 bits per heavy atom. The third kappa shape index (κ3) is 3.92. The summed E-state index contributed by atoms with van der Waals surface area (Å²) in [5, 5.41) is 3.19. The van der Waals surface area contributed by atoms with E-state index in [1.54, 1.807) is 0 Å². The number of aryl methyl sites for hydroxylation is 1. The van der Waals surface area contributed by atoms with Gasteiger partial charge in [0.25, 0.3) is 0 Å². The molecule has 4 N–H and O–H groups in total. The van der Waals surface area contributed by atoms with Crippen molar-refractivity contribution < 1.29 is 4.21 Å². The zero-order valence-electron chi connectivity index (χ0n) is 11.1. The highest BCUT2D eigenvalue weighted by atomic mass is 32.2. The van der Waals surface area contributed by atoms with Gasteiger partial charge < -0.3 is 10.7 Å². The fourth-order valence-electron chi connectivity index (χ4n) is 1.46. The maximum atomic E-state index is 11.3. The Labute approximate surface area is 110 Å². The van der Waals surface area contributed by atoms with E-state index in [2.05, 4.69) is 20.7 Å². The van der Waals surface area contributed by atoms with E-state index in [9.17, 15) is 4.21 Å². The van der Waals surface area contributed by atoms with Gasteiger partial charge in [0.05, 0.1) is 0 Å². The second kappa shape index (κ2) is 7.27. The van der Waals surface area contributed by atoms with Gasteiger partial charge >= 0.3 is 0 Å². The van der Waals surface area contributed by atoms with E-state index < -0.39 is 10.8 Å². The molecule has 1 heterocycles. The fraction of sp³-hybridized carbons (Fsp3) is 0.636. The minimum Gasteiger partial charge on any atom is -0.369 e. The van der Waals surface area contributed by atoms with E-state index in [4.69, 9.17) is 5.84 Å². The van der Waals surface area contributed by atoms with Crippen LogP contribution in [0.4, 0.5) is 11.6 Å². The molecule has 1 rings (SSSR count). The Hall–Kier alpha value is -1.21. The molecular weight excluding hydrogens is 250 g/mol. The number of hydrogen-bond donors (Lipinski definition) is 3. The SMILES string of the molecule is CCc1nc(NN)c(C)c(NCCS(=O)CC)n1. The Balaban J connectivity index is 2.77. The molecule has 0 aliphatic heterocycles. The molecule has 0 bridgehead atoms. The van der Waals surface area contributed by atoms with Gasteiger partial charge in [-0.3, -0.25) is 4.21 Å². The first kappa shape index (κ1) is 14.8. The molecule has 0 fully saturated rings. The molecule has 102 valence electrons. The van der Waals surface area contributed by atoms with E-state index in [0.29, 0.717) is 23.9 Å². The summed E-state index contributed by atoms with van der Waals surface area (Å²) in [6.45, 7) is 6.43. The Morgan fingerprint density at radius 1 is 1.28 bits per heavy atom. The van der Waals surface area contributed by atoms with Crippen molar-refractivity contribution in [1.82, 2.24) is 9.97 Å². The number of aromatic nitrogens is 2. The van der Waals surface area contributed by atoms with Gasteiger partial charge in [0, 0.05) is 40.8 Å². The van der Waals surface area contributed by atoms with E-state index in [1.807, 2.05) is 20.8 Å². The molecule has 0 radical (unpaired) electrons. The average Bonchev–Trinajstić information content (AvgIpc) is 2.40. The molecule has 0 aliphatic carbocycles. The molecule has 0 aliphatic rings. The van der Waals surface area contributed by atoms with Crippen molar-refractivity contribution in [3.63, 3.8) is 0 Å². The van der Waals surface area contributed by atoms with Crippen LogP contribution in [0.3, 0.4) is 0 Å². The van der Waals surface area contributed by atoms with Crippen molar-refractivity contribution >= 4 is 22.4 Å². The molecule has 0 aromatic carbocycles. The first-order valence-electron chi connectivity index (χ1n) is 6.05. The van der Waals surface area contributed by atoms with Gasteiger partial charge in [0.1, 0.15) is 17.5 Å². The van der Waals surface area contributed by atoms with Gasteiger partial charge in [-0.25, -0.2) is 15.8 Å². The molecule has 1 aromatic rings. The van der Waals surface area contributed by atoms with Crippen LogP contribution in [0.1, 0.15) is 25.2 Å². The largest absolute Gasteiger partial charge is 0.369 e. The summed E-state index contributed by atoms with van der Waals surface area (Å²) in [5.41, 5.74) is 3.44. The molecule has 0 spiro atoms. The highest BCUT2D eigenvalue weighted by molar-refractivity contribution is 7.84. The molecule has 0 saturated carbocycles. The van der Waals surface area contributed by atoms with Gasteiger partial charge in [-0.05, 0) is 6.92 Å². The first-order valence-corrected chi connectivity index (χ1v) is 7.54. The number of anilines is 2. The summed E-state index contributed by atoms with van der Waals surface area (Å²) in [4.78, 5) is 8.69. The van der Waals surface area contributed by atoms with Crippen LogP contribution in [-0.2, 0) is 17.2 Å². The summed E-state index contributed by atoms with van der Waals surface area (Å²) >= 11 is 0. The Kier molecular flexibility index (Phi) is 6.00. The van der Waals surface area contributed by atoms with Crippen LogP contribution in [0.25, 0.3) is 0 Å². The third-order valence-electron chi connectivity index (χ3n) is 2.59. The van der Waals surface area contributed by atoms with Gasteiger partial charge in [0.15, 0.2) is 0 Å². The summed E-state index contributed by atoms with van der Waals surface area (Å²) in [6.07, 6.45) is 0.741. The van der Waals surface area contributed by atoms with Gasteiger partial charge in [0.2, 0.25) is 0 Å². The normalized spacial score (nSPS) is 12.2. The predicted molar refractivity (Wildman–Crippen MR) is 76.0 cm³/mol.